The van der Waals surface area contributed by atoms with Gasteiger partial charge in [0.15, 0.2) is 17.3 Å². The van der Waals surface area contributed by atoms with Crippen LogP contribution in [-0.4, -0.2) is 47.1 Å². The van der Waals surface area contributed by atoms with Gasteiger partial charge in [0.25, 0.3) is 0 Å². The van der Waals surface area contributed by atoms with Crippen LogP contribution >= 0.6 is 0 Å². The van der Waals surface area contributed by atoms with Crippen LogP contribution in [0.15, 0.2) is 18.7 Å². The van der Waals surface area contributed by atoms with Crippen LogP contribution in [0.3, 0.4) is 0 Å². The molecule has 2 atom stereocenters. The number of aryl methyl sites for hydroxylation is 1. The molecule has 4 heterocycles. The van der Waals surface area contributed by atoms with Crippen LogP contribution in [0.4, 0.5) is 5.82 Å². The van der Waals surface area contributed by atoms with Crippen molar-refractivity contribution in [2.24, 2.45) is 5.92 Å². The monoisotopic (exact) mass is 410 g/mol. The lowest BCUT2D eigenvalue weighted by Gasteiger charge is -2.21. The minimum absolute atomic E-state index is 0.0119. The van der Waals surface area contributed by atoms with E-state index in [2.05, 4.69) is 15.1 Å². The third-order valence-electron chi connectivity index (χ3n) is 6.24. The van der Waals surface area contributed by atoms with Gasteiger partial charge in [-0.1, -0.05) is 32.1 Å². The molecule has 0 spiro atoms. The number of ether oxygens (including phenoxy) is 1. The number of aromatic nitrogens is 6. The minimum atomic E-state index is -0.326. The molecule has 3 aromatic heterocycles. The summed E-state index contributed by atoms with van der Waals surface area (Å²) in [5.41, 5.74) is 8.18. The molecule has 9 nitrogen and oxygen atoms in total. The molecule has 2 fully saturated rings. The van der Waals surface area contributed by atoms with Gasteiger partial charge >= 0.3 is 0 Å². The van der Waals surface area contributed by atoms with E-state index in [-0.39, 0.29) is 18.9 Å². The van der Waals surface area contributed by atoms with Crippen molar-refractivity contribution in [3.8, 4) is 11.4 Å². The Morgan fingerprint density at radius 3 is 2.87 bits per heavy atom. The van der Waals surface area contributed by atoms with Gasteiger partial charge in [-0.05, 0) is 18.8 Å². The van der Waals surface area contributed by atoms with Gasteiger partial charge in [0, 0.05) is 19.2 Å². The zero-order valence-corrected chi connectivity index (χ0v) is 17.0. The molecule has 30 heavy (non-hydrogen) atoms. The molecular formula is C21H28N7O2. The number of nitrogen functional groups attached to an aromatic ring is 1. The number of aliphatic hydroxyl groups is 1. The summed E-state index contributed by atoms with van der Waals surface area (Å²) in [7, 11) is 0. The van der Waals surface area contributed by atoms with E-state index in [4.69, 9.17) is 15.5 Å². The fourth-order valence-electron chi connectivity index (χ4n) is 4.52. The standard InChI is InChI=1S/C21H28N7O2/c22-19-18-21(28(13-23-18)17-7-6-16(12-29)30-17)26-20(25-19)15-10-24-27(11-15)9-8-14-4-2-1-3-5-14/h7,10-11,13-14,16-17,29H,1-6,8-9,12H2,(H2,22,25,26). The molecule has 0 aromatic carbocycles. The Balaban J connectivity index is 1.37. The summed E-state index contributed by atoms with van der Waals surface area (Å²) in [6, 6.07) is 0. The Hall–Kier alpha value is -2.52. The zero-order valence-electron chi connectivity index (χ0n) is 17.0. The molecule has 5 rings (SSSR count). The highest BCUT2D eigenvalue weighted by Crippen LogP contribution is 2.31. The lowest BCUT2D eigenvalue weighted by molar-refractivity contribution is -0.0140. The average Bonchev–Trinajstić information content (AvgIpc) is 3.51. The molecule has 2 unspecified atom stereocenters. The van der Waals surface area contributed by atoms with Crippen molar-refractivity contribution >= 4 is 17.0 Å². The van der Waals surface area contributed by atoms with Crippen molar-refractivity contribution in [1.29, 1.82) is 0 Å². The zero-order chi connectivity index (χ0) is 20.5. The van der Waals surface area contributed by atoms with Crippen LogP contribution in [0.2, 0.25) is 0 Å². The molecule has 0 amide bonds. The highest BCUT2D eigenvalue weighted by atomic mass is 16.5. The fourth-order valence-corrected chi connectivity index (χ4v) is 4.52. The number of nitrogens with two attached hydrogens (primary N) is 1. The van der Waals surface area contributed by atoms with E-state index in [1.54, 1.807) is 12.5 Å². The molecule has 159 valence electrons. The second-order valence-electron chi connectivity index (χ2n) is 8.34. The lowest BCUT2D eigenvalue weighted by Crippen LogP contribution is -2.14. The second kappa shape index (κ2) is 8.31. The number of rotatable bonds is 6. The van der Waals surface area contributed by atoms with Crippen molar-refractivity contribution in [3.05, 3.63) is 25.1 Å². The minimum Gasteiger partial charge on any atom is -0.394 e. The fraction of sp³-hybridized carbons (Fsp3) is 0.571. The molecule has 0 bridgehead atoms. The van der Waals surface area contributed by atoms with E-state index < -0.39 is 0 Å². The predicted octanol–water partition coefficient (Wildman–Crippen LogP) is 2.73. The second-order valence-corrected chi connectivity index (χ2v) is 8.34. The summed E-state index contributed by atoms with van der Waals surface area (Å²) in [4.78, 5) is 13.5. The molecule has 3 aromatic rings. The number of hydrogen-bond donors (Lipinski definition) is 2. The maximum Gasteiger partial charge on any atom is 0.168 e. The van der Waals surface area contributed by atoms with Gasteiger partial charge in [0.05, 0.1) is 30.8 Å². The number of imidazole rings is 1. The normalized spacial score (nSPS) is 22.8. The van der Waals surface area contributed by atoms with Crippen LogP contribution in [0.5, 0.6) is 0 Å². The molecule has 1 aliphatic carbocycles. The van der Waals surface area contributed by atoms with Gasteiger partial charge < -0.3 is 15.6 Å². The Labute approximate surface area is 175 Å². The summed E-state index contributed by atoms with van der Waals surface area (Å²) < 4.78 is 9.65. The van der Waals surface area contributed by atoms with Crippen LogP contribution in [0.25, 0.3) is 22.6 Å². The molecule has 3 N–H and O–H groups in total. The first-order chi connectivity index (χ1) is 14.7. The number of hydrogen-bond acceptors (Lipinski definition) is 7. The van der Waals surface area contributed by atoms with Crippen LogP contribution < -0.4 is 5.73 Å². The summed E-state index contributed by atoms with van der Waals surface area (Å²) in [6.07, 6.45) is 15.5. The molecule has 1 aliphatic heterocycles. The Bertz CT molecular complexity index is 1010. The van der Waals surface area contributed by atoms with Gasteiger partial charge in [-0.15, -0.1) is 0 Å². The van der Waals surface area contributed by atoms with E-state index in [1.807, 2.05) is 21.9 Å². The Morgan fingerprint density at radius 2 is 2.07 bits per heavy atom. The molecule has 1 radical (unpaired) electrons. The smallest absolute Gasteiger partial charge is 0.168 e. The van der Waals surface area contributed by atoms with Gasteiger partial charge in [-0.25, -0.2) is 15.0 Å². The number of aliphatic hydroxyl groups excluding tert-OH is 1. The SMILES string of the molecule is Nc1nc(-c2cnn(CCC3CCCCC3)c2)nc2c1ncn2C1[CH]CC(CO)O1. The number of anilines is 1. The lowest BCUT2D eigenvalue weighted by atomic mass is 9.87. The van der Waals surface area contributed by atoms with Crippen molar-refractivity contribution in [3.63, 3.8) is 0 Å². The molecular weight excluding hydrogens is 382 g/mol. The van der Waals surface area contributed by atoms with Crippen molar-refractivity contribution in [1.82, 2.24) is 29.3 Å². The molecule has 2 aliphatic rings. The van der Waals surface area contributed by atoms with E-state index in [9.17, 15) is 5.11 Å². The maximum atomic E-state index is 9.34. The van der Waals surface area contributed by atoms with E-state index in [0.717, 1.165) is 24.4 Å². The number of nitrogens with zero attached hydrogens (tertiary/aromatic N) is 6. The maximum absolute atomic E-state index is 9.34. The van der Waals surface area contributed by atoms with Crippen LogP contribution in [0, 0.1) is 12.3 Å². The van der Waals surface area contributed by atoms with E-state index in [1.165, 1.54) is 32.1 Å². The summed E-state index contributed by atoms with van der Waals surface area (Å²) >= 11 is 0. The number of fused-ring (bicyclic) bond motifs is 1. The predicted molar refractivity (Wildman–Crippen MR) is 112 cm³/mol. The highest BCUT2D eigenvalue weighted by molar-refractivity contribution is 5.83. The average molecular weight is 411 g/mol. The third kappa shape index (κ3) is 3.79. The first-order valence-electron chi connectivity index (χ1n) is 10.8. The van der Waals surface area contributed by atoms with Crippen molar-refractivity contribution in [2.75, 3.05) is 12.3 Å². The first-order valence-corrected chi connectivity index (χ1v) is 10.8. The summed E-state index contributed by atoms with van der Waals surface area (Å²) in [6.45, 7) is 0.899. The summed E-state index contributed by atoms with van der Waals surface area (Å²) in [5.74, 6) is 1.68. The Kier molecular flexibility index (Phi) is 5.39. The molecule has 1 saturated carbocycles. The quantitative estimate of drug-likeness (QED) is 0.641. The van der Waals surface area contributed by atoms with Crippen LogP contribution in [-0.2, 0) is 11.3 Å². The van der Waals surface area contributed by atoms with E-state index in [0.29, 0.717) is 29.2 Å². The molecule has 9 heteroatoms. The topological polar surface area (TPSA) is 117 Å². The van der Waals surface area contributed by atoms with Gasteiger partial charge in [0.2, 0.25) is 0 Å². The first kappa shape index (κ1) is 19.4. The van der Waals surface area contributed by atoms with Crippen molar-refractivity contribution in [2.45, 2.75) is 63.8 Å². The van der Waals surface area contributed by atoms with Gasteiger partial charge in [0.1, 0.15) is 11.7 Å². The summed E-state index contributed by atoms with van der Waals surface area (Å²) in [5, 5.41) is 13.8. The Morgan fingerprint density at radius 1 is 1.20 bits per heavy atom. The molecule has 1 saturated heterocycles. The largest absolute Gasteiger partial charge is 0.394 e. The van der Waals surface area contributed by atoms with Crippen LogP contribution in [0.1, 0.15) is 51.2 Å². The highest BCUT2D eigenvalue weighted by Gasteiger charge is 2.28. The third-order valence-corrected chi connectivity index (χ3v) is 6.24. The van der Waals surface area contributed by atoms with Gasteiger partial charge in [-0.3, -0.25) is 9.25 Å². The van der Waals surface area contributed by atoms with Crippen molar-refractivity contribution < 1.29 is 9.84 Å². The van der Waals surface area contributed by atoms with Gasteiger partial charge in [-0.2, -0.15) is 5.10 Å². The van der Waals surface area contributed by atoms with E-state index >= 15 is 0 Å².